The molecule has 0 aliphatic heterocycles. The van der Waals surface area contributed by atoms with Gasteiger partial charge in [-0.1, -0.05) is 32.1 Å². The van der Waals surface area contributed by atoms with E-state index in [0.717, 1.165) is 12.2 Å². The van der Waals surface area contributed by atoms with Gasteiger partial charge >= 0.3 is 0 Å². The molecule has 17 heavy (non-hydrogen) atoms. The van der Waals surface area contributed by atoms with Crippen LogP contribution in [0, 0.1) is 17.8 Å². The third-order valence-electron chi connectivity index (χ3n) is 2.42. The lowest BCUT2D eigenvalue weighted by Crippen LogP contribution is -2.04. The number of hydrogen-bond acceptors (Lipinski definition) is 3. The van der Waals surface area contributed by atoms with Crippen molar-refractivity contribution in [3.05, 3.63) is 21.9 Å². The van der Waals surface area contributed by atoms with E-state index in [1.54, 1.807) is 11.3 Å². The van der Waals surface area contributed by atoms with Crippen molar-refractivity contribution in [1.29, 1.82) is 0 Å². The van der Waals surface area contributed by atoms with Gasteiger partial charge in [0.05, 0.1) is 13.2 Å². The fourth-order valence-electron chi connectivity index (χ4n) is 1.61. The molecule has 0 bridgehead atoms. The monoisotopic (exact) mass is 251 g/mol. The van der Waals surface area contributed by atoms with E-state index in [2.05, 4.69) is 37.1 Å². The molecule has 0 amide bonds. The average molecular weight is 251 g/mol. The first-order valence-electron chi connectivity index (χ1n) is 6.10. The molecule has 0 radical (unpaired) electrons. The number of thiophene rings is 1. The van der Waals surface area contributed by atoms with Gasteiger partial charge in [-0.2, -0.15) is 0 Å². The van der Waals surface area contributed by atoms with Crippen LogP contribution in [0.2, 0.25) is 0 Å². The van der Waals surface area contributed by atoms with E-state index in [4.69, 9.17) is 10.5 Å². The lowest BCUT2D eigenvalue weighted by atomic mass is 10.1. The van der Waals surface area contributed by atoms with E-state index in [1.807, 2.05) is 0 Å². The number of nitrogens with two attached hydrogens (primary N) is 1. The van der Waals surface area contributed by atoms with Crippen molar-refractivity contribution in [2.45, 2.75) is 33.3 Å². The Labute approximate surface area is 108 Å². The van der Waals surface area contributed by atoms with Gasteiger partial charge < -0.3 is 10.5 Å². The largest absolute Gasteiger partial charge is 0.376 e. The summed E-state index contributed by atoms with van der Waals surface area (Å²) in [5.74, 6) is 6.53. The van der Waals surface area contributed by atoms with E-state index < -0.39 is 0 Å². The molecule has 1 rings (SSSR count). The Morgan fingerprint density at radius 2 is 2.35 bits per heavy atom. The van der Waals surface area contributed by atoms with Crippen LogP contribution >= 0.6 is 11.3 Å². The Hall–Kier alpha value is -0.820. The van der Waals surface area contributed by atoms with Gasteiger partial charge in [-0.15, -0.1) is 11.3 Å². The minimum absolute atomic E-state index is 0.413. The van der Waals surface area contributed by atoms with Gasteiger partial charge in [0.15, 0.2) is 0 Å². The summed E-state index contributed by atoms with van der Waals surface area (Å²) in [6, 6.07) is 2.08. The van der Waals surface area contributed by atoms with E-state index in [1.165, 1.54) is 17.7 Å². The molecule has 0 fully saturated rings. The molecule has 1 unspecified atom stereocenters. The van der Waals surface area contributed by atoms with Gasteiger partial charge in [-0.3, -0.25) is 0 Å². The SMILES string of the molecule is CCCC(C)COCc1cc(C#CCN)cs1. The molecule has 0 spiro atoms. The molecule has 0 aromatic carbocycles. The van der Waals surface area contributed by atoms with E-state index in [0.29, 0.717) is 19.1 Å². The molecule has 0 aliphatic carbocycles. The van der Waals surface area contributed by atoms with Gasteiger partial charge in [0, 0.05) is 22.4 Å². The van der Waals surface area contributed by atoms with Crippen molar-refractivity contribution >= 4 is 11.3 Å². The molecule has 0 saturated heterocycles. The first-order valence-corrected chi connectivity index (χ1v) is 6.98. The summed E-state index contributed by atoms with van der Waals surface area (Å²) in [4.78, 5) is 1.23. The molecule has 0 saturated carbocycles. The molecule has 3 heteroatoms. The Kier molecular flexibility index (Phi) is 6.95. The standard InChI is InChI=1S/C14H21NOS/c1-3-5-12(2)9-16-10-14-8-13(11-17-14)6-4-7-15/h8,11-12H,3,5,7,9-10,15H2,1-2H3. The second-order valence-electron chi connectivity index (χ2n) is 4.22. The topological polar surface area (TPSA) is 35.2 Å². The fourth-order valence-corrected chi connectivity index (χ4v) is 2.36. The Morgan fingerprint density at radius 3 is 3.06 bits per heavy atom. The molecule has 94 valence electrons. The molecule has 2 N–H and O–H groups in total. The molecule has 1 aromatic heterocycles. The molecular weight excluding hydrogens is 230 g/mol. The maximum absolute atomic E-state index is 5.69. The average Bonchev–Trinajstić information content (AvgIpc) is 2.75. The van der Waals surface area contributed by atoms with Crippen LogP contribution in [0.3, 0.4) is 0 Å². The van der Waals surface area contributed by atoms with Gasteiger partial charge in [0.25, 0.3) is 0 Å². The second kappa shape index (κ2) is 8.30. The van der Waals surface area contributed by atoms with Gasteiger partial charge in [0.1, 0.15) is 0 Å². The molecule has 1 aromatic rings. The van der Waals surface area contributed by atoms with Gasteiger partial charge in [-0.05, 0) is 18.4 Å². The summed E-state index contributed by atoms with van der Waals surface area (Å²) in [6.45, 7) is 6.39. The van der Waals surface area contributed by atoms with Crippen molar-refractivity contribution in [2.75, 3.05) is 13.2 Å². The summed E-state index contributed by atoms with van der Waals surface area (Å²) in [7, 11) is 0. The second-order valence-corrected chi connectivity index (χ2v) is 5.21. The Bertz CT molecular complexity index is 375. The fraction of sp³-hybridized carbons (Fsp3) is 0.571. The first-order chi connectivity index (χ1) is 8.26. The number of rotatable bonds is 6. The maximum atomic E-state index is 5.69. The van der Waals surface area contributed by atoms with Crippen molar-refractivity contribution in [3.8, 4) is 11.8 Å². The first kappa shape index (κ1) is 14.2. The third-order valence-corrected chi connectivity index (χ3v) is 3.33. The van der Waals surface area contributed by atoms with Crippen molar-refractivity contribution in [3.63, 3.8) is 0 Å². The maximum Gasteiger partial charge on any atom is 0.0809 e. The molecule has 2 nitrogen and oxygen atoms in total. The summed E-state index contributed by atoms with van der Waals surface area (Å²) >= 11 is 1.70. The van der Waals surface area contributed by atoms with Crippen LogP contribution in [0.5, 0.6) is 0 Å². The highest BCUT2D eigenvalue weighted by atomic mass is 32.1. The zero-order valence-corrected chi connectivity index (χ0v) is 11.5. The minimum atomic E-state index is 0.413. The lowest BCUT2D eigenvalue weighted by Gasteiger charge is -2.09. The highest BCUT2D eigenvalue weighted by Gasteiger charge is 2.02. The van der Waals surface area contributed by atoms with Crippen molar-refractivity contribution < 1.29 is 4.74 Å². The normalized spacial score (nSPS) is 11.9. The van der Waals surface area contributed by atoms with Gasteiger partial charge in [-0.25, -0.2) is 0 Å². The predicted molar refractivity (Wildman–Crippen MR) is 74.0 cm³/mol. The van der Waals surface area contributed by atoms with Gasteiger partial charge in [0.2, 0.25) is 0 Å². The highest BCUT2D eigenvalue weighted by molar-refractivity contribution is 7.10. The smallest absolute Gasteiger partial charge is 0.0809 e. The number of ether oxygens (including phenoxy) is 1. The molecular formula is C14H21NOS. The van der Waals surface area contributed by atoms with E-state index >= 15 is 0 Å². The lowest BCUT2D eigenvalue weighted by molar-refractivity contribution is 0.0911. The minimum Gasteiger partial charge on any atom is -0.376 e. The van der Waals surface area contributed by atoms with E-state index in [-0.39, 0.29) is 0 Å². The molecule has 1 atom stereocenters. The number of hydrogen-bond donors (Lipinski definition) is 1. The summed E-state index contributed by atoms with van der Waals surface area (Å²) < 4.78 is 5.69. The highest BCUT2D eigenvalue weighted by Crippen LogP contribution is 2.15. The van der Waals surface area contributed by atoms with Crippen LogP contribution in [-0.4, -0.2) is 13.2 Å². The predicted octanol–water partition coefficient (Wildman–Crippen LogP) is 3.01. The van der Waals surface area contributed by atoms with Crippen LogP contribution < -0.4 is 5.73 Å². The molecule has 0 aliphatic rings. The summed E-state index contributed by atoms with van der Waals surface area (Å²) in [5, 5.41) is 2.05. The van der Waals surface area contributed by atoms with Crippen molar-refractivity contribution in [2.24, 2.45) is 11.7 Å². The zero-order valence-electron chi connectivity index (χ0n) is 10.7. The van der Waals surface area contributed by atoms with E-state index in [9.17, 15) is 0 Å². The Balaban J connectivity index is 2.30. The van der Waals surface area contributed by atoms with Crippen LogP contribution in [0.1, 0.15) is 37.1 Å². The third kappa shape index (κ3) is 5.88. The Morgan fingerprint density at radius 1 is 1.53 bits per heavy atom. The van der Waals surface area contributed by atoms with Crippen LogP contribution in [-0.2, 0) is 11.3 Å². The van der Waals surface area contributed by atoms with Crippen LogP contribution in [0.4, 0.5) is 0 Å². The summed E-state index contributed by atoms with van der Waals surface area (Å²) in [6.07, 6.45) is 2.46. The quantitative estimate of drug-likeness (QED) is 0.789. The summed E-state index contributed by atoms with van der Waals surface area (Å²) in [5.41, 5.74) is 6.37. The zero-order chi connectivity index (χ0) is 12.5. The van der Waals surface area contributed by atoms with Crippen molar-refractivity contribution in [1.82, 2.24) is 0 Å². The molecule has 1 heterocycles. The van der Waals surface area contributed by atoms with Crippen LogP contribution in [0.15, 0.2) is 11.4 Å². The van der Waals surface area contributed by atoms with Crippen LogP contribution in [0.25, 0.3) is 0 Å².